The molecule has 3 aromatic heterocycles. The molecular formula is C32H35N7O3. The number of amides is 1. The van der Waals surface area contributed by atoms with Gasteiger partial charge in [0.25, 0.3) is 0 Å². The molecule has 1 aromatic carbocycles. The zero-order valence-electron chi connectivity index (χ0n) is 24.3. The fraction of sp³-hybridized carbons (Fsp3) is 0.375. The molecule has 0 aliphatic carbocycles. The Balaban J connectivity index is 1.23. The fourth-order valence-corrected chi connectivity index (χ4v) is 5.44. The van der Waals surface area contributed by atoms with Gasteiger partial charge < -0.3 is 24.2 Å². The number of fused-ring (bicyclic) bond motifs is 1. The van der Waals surface area contributed by atoms with Crippen molar-refractivity contribution in [3.63, 3.8) is 0 Å². The van der Waals surface area contributed by atoms with Crippen LogP contribution in [0.4, 0.5) is 16.3 Å². The number of hydrogen-bond acceptors (Lipinski definition) is 8. The maximum atomic E-state index is 12.4. The SMILES string of the molecule is CC(C)(C)OC(=O)N1CCN(c2ccc(-c3cc(-c4ccc(N5CCOCC5)nc4)c4c(C#N)cnn4c3)cc2)CC1. The third-order valence-corrected chi connectivity index (χ3v) is 7.62. The van der Waals surface area contributed by atoms with Crippen LogP contribution in [-0.4, -0.2) is 83.7 Å². The molecule has 2 aliphatic heterocycles. The van der Waals surface area contributed by atoms with Gasteiger partial charge in [0.15, 0.2) is 0 Å². The van der Waals surface area contributed by atoms with Gasteiger partial charge in [0, 0.05) is 74.0 Å². The molecule has 1 amide bonds. The molecule has 216 valence electrons. The third kappa shape index (κ3) is 5.74. The van der Waals surface area contributed by atoms with Crippen LogP contribution in [0, 0.1) is 11.3 Å². The number of morpholine rings is 1. The summed E-state index contributed by atoms with van der Waals surface area (Å²) in [6.07, 6.45) is 5.19. The van der Waals surface area contributed by atoms with E-state index in [0.717, 1.165) is 65.5 Å². The molecule has 0 unspecified atom stereocenters. The molecule has 6 rings (SSSR count). The van der Waals surface area contributed by atoms with Gasteiger partial charge in [0.05, 0.1) is 30.5 Å². The van der Waals surface area contributed by atoms with Crippen LogP contribution in [0.3, 0.4) is 0 Å². The zero-order chi connectivity index (χ0) is 29.3. The highest BCUT2D eigenvalue weighted by Crippen LogP contribution is 2.33. The molecule has 4 aromatic rings. The maximum absolute atomic E-state index is 12.4. The first-order chi connectivity index (χ1) is 20.3. The summed E-state index contributed by atoms with van der Waals surface area (Å²) < 4.78 is 12.8. The molecule has 2 aliphatic rings. The standard InChI is InChI=1S/C32H35N7O3/c1-32(2,3)42-31(40)38-12-10-36(11-13-38)27-7-4-23(5-8-27)25-18-28(30-26(19-33)21-35-39(30)22-25)24-6-9-29(34-20-24)37-14-16-41-17-15-37/h4-9,18,20-22H,10-17H2,1-3H3. The lowest BCUT2D eigenvalue weighted by atomic mass is 9.99. The minimum atomic E-state index is -0.498. The number of nitrogens with zero attached hydrogens (tertiary/aromatic N) is 7. The Kier molecular flexibility index (Phi) is 7.43. The van der Waals surface area contributed by atoms with Crippen molar-refractivity contribution >= 4 is 23.1 Å². The van der Waals surface area contributed by atoms with Gasteiger partial charge in [0.1, 0.15) is 17.5 Å². The number of nitriles is 1. The lowest BCUT2D eigenvalue weighted by Gasteiger charge is -2.36. The topological polar surface area (TPSA) is 99.2 Å². The summed E-state index contributed by atoms with van der Waals surface area (Å²) in [4.78, 5) is 23.5. The molecule has 10 heteroatoms. The molecule has 0 N–H and O–H groups in total. The predicted octanol–water partition coefficient (Wildman–Crippen LogP) is 4.83. The van der Waals surface area contributed by atoms with E-state index in [4.69, 9.17) is 14.5 Å². The van der Waals surface area contributed by atoms with Crippen molar-refractivity contribution in [2.45, 2.75) is 26.4 Å². The third-order valence-electron chi connectivity index (χ3n) is 7.62. The molecule has 0 atom stereocenters. The van der Waals surface area contributed by atoms with E-state index in [9.17, 15) is 10.1 Å². The van der Waals surface area contributed by atoms with Crippen molar-refractivity contribution in [2.24, 2.45) is 0 Å². The first-order valence-corrected chi connectivity index (χ1v) is 14.3. The van der Waals surface area contributed by atoms with Gasteiger partial charge in [-0.3, -0.25) is 0 Å². The van der Waals surface area contributed by atoms with Crippen molar-refractivity contribution in [2.75, 3.05) is 62.3 Å². The predicted molar refractivity (Wildman–Crippen MR) is 162 cm³/mol. The first-order valence-electron chi connectivity index (χ1n) is 14.3. The first kappa shape index (κ1) is 27.5. The highest BCUT2D eigenvalue weighted by Gasteiger charge is 2.26. The van der Waals surface area contributed by atoms with Gasteiger partial charge in [0.2, 0.25) is 0 Å². The number of anilines is 2. The number of hydrogen-bond donors (Lipinski definition) is 0. The summed E-state index contributed by atoms with van der Waals surface area (Å²) in [5, 5.41) is 14.3. The second-order valence-electron chi connectivity index (χ2n) is 11.6. The maximum Gasteiger partial charge on any atom is 0.410 e. The van der Waals surface area contributed by atoms with Gasteiger partial charge in [-0.2, -0.15) is 10.4 Å². The Labute approximate surface area is 245 Å². The minimum absolute atomic E-state index is 0.257. The number of aromatic nitrogens is 3. The largest absolute Gasteiger partial charge is 0.444 e. The number of carbonyl (C=O) groups excluding carboxylic acids is 1. The monoisotopic (exact) mass is 565 g/mol. The molecule has 2 fully saturated rings. The lowest BCUT2D eigenvalue weighted by molar-refractivity contribution is 0.0240. The summed E-state index contributed by atoms with van der Waals surface area (Å²) in [7, 11) is 0. The summed E-state index contributed by atoms with van der Waals surface area (Å²) in [6, 6.07) is 16.9. The van der Waals surface area contributed by atoms with E-state index < -0.39 is 5.60 Å². The van der Waals surface area contributed by atoms with Crippen molar-refractivity contribution in [3.05, 3.63) is 66.6 Å². The van der Waals surface area contributed by atoms with E-state index in [1.165, 1.54) is 0 Å². The van der Waals surface area contributed by atoms with Gasteiger partial charge >= 0.3 is 6.09 Å². The molecule has 42 heavy (non-hydrogen) atoms. The summed E-state index contributed by atoms with van der Waals surface area (Å²) in [6.45, 7) is 11.4. The number of carbonyl (C=O) groups is 1. The molecule has 0 spiro atoms. The van der Waals surface area contributed by atoms with Crippen molar-refractivity contribution in [3.8, 4) is 28.3 Å². The average molecular weight is 566 g/mol. The second-order valence-corrected chi connectivity index (χ2v) is 11.6. The number of piperazine rings is 1. The van der Waals surface area contributed by atoms with E-state index in [-0.39, 0.29) is 6.09 Å². The van der Waals surface area contributed by atoms with Crippen LogP contribution in [0.2, 0.25) is 0 Å². The van der Waals surface area contributed by atoms with E-state index in [0.29, 0.717) is 31.9 Å². The Morgan fingerprint density at radius 2 is 1.62 bits per heavy atom. The molecule has 2 saturated heterocycles. The van der Waals surface area contributed by atoms with Gasteiger partial charge in [-0.15, -0.1) is 0 Å². The Morgan fingerprint density at radius 1 is 0.905 bits per heavy atom. The van der Waals surface area contributed by atoms with Crippen LogP contribution in [-0.2, 0) is 9.47 Å². The van der Waals surface area contributed by atoms with Gasteiger partial charge in [-0.25, -0.2) is 14.3 Å². The number of benzene rings is 1. The average Bonchev–Trinajstić information content (AvgIpc) is 3.44. The molecule has 10 nitrogen and oxygen atoms in total. The Bertz CT molecular complexity index is 1600. The summed E-state index contributed by atoms with van der Waals surface area (Å²) in [5.41, 5.74) is 5.77. The molecule has 5 heterocycles. The van der Waals surface area contributed by atoms with Crippen LogP contribution < -0.4 is 9.80 Å². The number of rotatable bonds is 4. The van der Waals surface area contributed by atoms with Gasteiger partial charge in [-0.05, 0) is 56.7 Å². The van der Waals surface area contributed by atoms with Crippen molar-refractivity contribution in [1.29, 1.82) is 5.26 Å². The Hall–Kier alpha value is -4.62. The summed E-state index contributed by atoms with van der Waals surface area (Å²) >= 11 is 0. The molecular weight excluding hydrogens is 530 g/mol. The molecule has 0 saturated carbocycles. The van der Waals surface area contributed by atoms with Gasteiger partial charge in [-0.1, -0.05) is 12.1 Å². The fourth-order valence-electron chi connectivity index (χ4n) is 5.44. The van der Waals surface area contributed by atoms with Crippen LogP contribution in [0.1, 0.15) is 26.3 Å². The Morgan fingerprint density at radius 3 is 2.26 bits per heavy atom. The number of ether oxygens (including phenoxy) is 2. The summed E-state index contributed by atoms with van der Waals surface area (Å²) in [5.74, 6) is 0.922. The van der Waals surface area contributed by atoms with E-state index >= 15 is 0 Å². The minimum Gasteiger partial charge on any atom is -0.444 e. The molecule has 0 bridgehead atoms. The lowest BCUT2D eigenvalue weighted by Crippen LogP contribution is -2.50. The highest BCUT2D eigenvalue weighted by molar-refractivity contribution is 5.87. The van der Waals surface area contributed by atoms with Crippen molar-refractivity contribution < 1.29 is 14.3 Å². The molecule has 0 radical (unpaired) electrons. The van der Waals surface area contributed by atoms with E-state index in [1.54, 1.807) is 15.6 Å². The van der Waals surface area contributed by atoms with Crippen LogP contribution >= 0.6 is 0 Å². The zero-order valence-corrected chi connectivity index (χ0v) is 24.3. The van der Waals surface area contributed by atoms with E-state index in [1.807, 2.05) is 39.2 Å². The van der Waals surface area contributed by atoms with Crippen LogP contribution in [0.25, 0.3) is 27.8 Å². The second kappa shape index (κ2) is 11.3. The normalized spacial score (nSPS) is 16.0. The van der Waals surface area contributed by atoms with E-state index in [2.05, 4.69) is 57.4 Å². The number of pyridine rings is 2. The quantitative estimate of drug-likeness (QED) is 0.347. The van der Waals surface area contributed by atoms with Crippen molar-refractivity contribution in [1.82, 2.24) is 19.5 Å². The smallest absolute Gasteiger partial charge is 0.410 e. The van der Waals surface area contributed by atoms with Crippen LogP contribution in [0.5, 0.6) is 0 Å². The highest BCUT2D eigenvalue weighted by atomic mass is 16.6. The van der Waals surface area contributed by atoms with Crippen LogP contribution in [0.15, 0.2) is 61.1 Å².